The van der Waals surface area contributed by atoms with Gasteiger partial charge in [-0.05, 0) is 35.5 Å². The Morgan fingerprint density at radius 1 is 0.517 bits per heavy atom. The van der Waals surface area contributed by atoms with Crippen LogP contribution in [0.25, 0.3) is 0 Å². The Kier molecular flexibility index (Phi) is 20.5. The van der Waals surface area contributed by atoms with Crippen LogP contribution in [0.3, 0.4) is 0 Å². The topological polar surface area (TPSA) is 226 Å². The maximum atomic E-state index is 13.6. The Labute approximate surface area is 342 Å². The standard InChI is InChI=1S/C41H68O17/c1-21(2)13-28(43)50-20-41(57-39-36(53-30(45)15-23(5)6)35(34(49)27(19-42)51-39)52-29(44)14-22(3)4)38(55-32(47)17-25(9)10)37(54-31(46)16-24(7)8)40(58-41)56-33(48)18-26(11)12/h21-27,34-40,42,49H,13-20H2,1-12H3/t27-,34-,35+,36-,37+,38+,39-,40+,41-/m1/s1. The van der Waals surface area contributed by atoms with Crippen molar-refractivity contribution < 1.29 is 81.6 Å². The van der Waals surface area contributed by atoms with Gasteiger partial charge in [-0.25, -0.2) is 0 Å². The van der Waals surface area contributed by atoms with Crippen LogP contribution in [0.4, 0.5) is 0 Å². The lowest BCUT2D eigenvalue weighted by atomic mass is 9.97. The van der Waals surface area contributed by atoms with Crippen LogP contribution >= 0.6 is 0 Å². The van der Waals surface area contributed by atoms with Crippen molar-refractivity contribution in [3.63, 3.8) is 0 Å². The summed E-state index contributed by atoms with van der Waals surface area (Å²) >= 11 is 0. The second-order valence-electron chi connectivity index (χ2n) is 17.6. The number of ether oxygens (including phenoxy) is 9. The van der Waals surface area contributed by atoms with Crippen molar-refractivity contribution in [1.82, 2.24) is 0 Å². The molecule has 2 heterocycles. The highest BCUT2D eigenvalue weighted by Crippen LogP contribution is 2.42. The van der Waals surface area contributed by atoms with Crippen molar-refractivity contribution in [2.24, 2.45) is 35.5 Å². The summed E-state index contributed by atoms with van der Waals surface area (Å²) in [5, 5.41) is 21.7. The summed E-state index contributed by atoms with van der Waals surface area (Å²) < 4.78 is 53.6. The molecule has 2 saturated heterocycles. The van der Waals surface area contributed by atoms with Crippen LogP contribution in [0, 0.1) is 35.5 Å². The molecule has 0 saturated carbocycles. The third kappa shape index (κ3) is 16.3. The molecule has 0 aromatic rings. The van der Waals surface area contributed by atoms with E-state index in [-0.39, 0.29) is 74.0 Å². The van der Waals surface area contributed by atoms with Crippen molar-refractivity contribution in [1.29, 1.82) is 0 Å². The molecule has 2 N–H and O–H groups in total. The van der Waals surface area contributed by atoms with Crippen molar-refractivity contribution in [2.75, 3.05) is 13.2 Å². The predicted octanol–water partition coefficient (Wildman–Crippen LogP) is 4.14. The minimum absolute atomic E-state index is 0.0739. The van der Waals surface area contributed by atoms with Crippen LogP contribution in [0.1, 0.15) is 122 Å². The Bertz CT molecular complexity index is 1360. The summed E-state index contributed by atoms with van der Waals surface area (Å²) in [6.45, 7) is 19.4. The summed E-state index contributed by atoms with van der Waals surface area (Å²) in [5.41, 5.74) is 0. The van der Waals surface area contributed by atoms with Crippen LogP contribution < -0.4 is 0 Å². The SMILES string of the molecule is CC(C)CC(=O)OC[C@@]1(O[C@H]2O[C@H](CO)[C@@H](O)[C@H](OC(=O)CC(C)C)[C@H]2OC(=O)CC(C)C)O[C@H](OC(=O)CC(C)C)[C@@H](OC(=O)CC(C)C)[C@@H]1OC(=O)CC(C)C. The van der Waals surface area contributed by atoms with Crippen LogP contribution in [-0.4, -0.2) is 114 Å². The average Bonchev–Trinajstić information content (AvgIpc) is 3.31. The van der Waals surface area contributed by atoms with Crippen molar-refractivity contribution in [2.45, 2.75) is 177 Å². The van der Waals surface area contributed by atoms with Gasteiger partial charge in [-0.1, -0.05) is 83.1 Å². The largest absolute Gasteiger partial charge is 0.460 e. The molecule has 0 spiro atoms. The van der Waals surface area contributed by atoms with Gasteiger partial charge in [0, 0.05) is 38.5 Å². The molecule has 2 aliphatic rings. The van der Waals surface area contributed by atoms with Gasteiger partial charge in [-0.2, -0.15) is 0 Å². The lowest BCUT2D eigenvalue weighted by molar-refractivity contribution is -0.390. The minimum atomic E-state index is -2.56. The predicted molar refractivity (Wildman–Crippen MR) is 204 cm³/mol. The fourth-order valence-corrected chi connectivity index (χ4v) is 6.13. The van der Waals surface area contributed by atoms with E-state index in [1.165, 1.54) is 0 Å². The fourth-order valence-electron chi connectivity index (χ4n) is 6.13. The Balaban J connectivity index is 2.92. The first-order valence-corrected chi connectivity index (χ1v) is 20.4. The Hall–Kier alpha value is -3.38. The number of hydrogen-bond donors (Lipinski definition) is 2. The molecule has 17 heteroatoms. The normalized spacial score (nSPS) is 27.3. The zero-order valence-corrected chi connectivity index (χ0v) is 36.3. The zero-order valence-electron chi connectivity index (χ0n) is 36.3. The Morgan fingerprint density at radius 2 is 0.897 bits per heavy atom. The van der Waals surface area contributed by atoms with Gasteiger partial charge in [-0.15, -0.1) is 0 Å². The molecule has 0 amide bonds. The van der Waals surface area contributed by atoms with E-state index in [1.54, 1.807) is 83.1 Å². The first-order chi connectivity index (χ1) is 27.0. The summed E-state index contributed by atoms with van der Waals surface area (Å²) in [7, 11) is 0. The van der Waals surface area contributed by atoms with Gasteiger partial charge in [0.2, 0.25) is 24.8 Å². The van der Waals surface area contributed by atoms with Gasteiger partial charge in [0.15, 0.2) is 12.2 Å². The molecule has 17 nitrogen and oxygen atoms in total. The third-order valence-corrected chi connectivity index (χ3v) is 8.62. The van der Waals surface area contributed by atoms with Gasteiger partial charge in [0.1, 0.15) is 18.8 Å². The van der Waals surface area contributed by atoms with Gasteiger partial charge in [0.05, 0.1) is 6.61 Å². The second kappa shape index (κ2) is 23.4. The van der Waals surface area contributed by atoms with E-state index in [0.717, 1.165) is 0 Å². The number of aliphatic hydroxyl groups excluding tert-OH is 2. The van der Waals surface area contributed by atoms with E-state index in [1.807, 2.05) is 0 Å². The fraction of sp³-hybridized carbons (Fsp3) is 0.854. The van der Waals surface area contributed by atoms with Gasteiger partial charge < -0.3 is 48.1 Å². The third-order valence-electron chi connectivity index (χ3n) is 8.62. The number of hydrogen-bond acceptors (Lipinski definition) is 17. The number of rotatable bonds is 22. The van der Waals surface area contributed by atoms with Crippen LogP contribution in [0.5, 0.6) is 0 Å². The molecule has 2 rings (SSSR count). The second-order valence-corrected chi connectivity index (χ2v) is 17.6. The van der Waals surface area contributed by atoms with Crippen LogP contribution in [0.2, 0.25) is 0 Å². The maximum absolute atomic E-state index is 13.6. The van der Waals surface area contributed by atoms with E-state index in [9.17, 15) is 39.0 Å². The molecule has 0 radical (unpaired) electrons. The molecule has 334 valence electrons. The number of esters is 6. The maximum Gasteiger partial charge on any atom is 0.308 e. The highest BCUT2D eigenvalue weighted by molar-refractivity contribution is 5.73. The minimum Gasteiger partial charge on any atom is -0.460 e. The van der Waals surface area contributed by atoms with Crippen molar-refractivity contribution in [3.8, 4) is 0 Å². The molecule has 9 atom stereocenters. The molecule has 2 aliphatic heterocycles. The summed E-state index contributed by atoms with van der Waals surface area (Å²) in [5.74, 6) is -8.39. The average molecular weight is 833 g/mol. The molecule has 2 fully saturated rings. The van der Waals surface area contributed by atoms with Crippen LogP contribution in [-0.2, 0) is 71.4 Å². The van der Waals surface area contributed by atoms with Gasteiger partial charge in [0.25, 0.3) is 5.79 Å². The summed E-state index contributed by atoms with van der Waals surface area (Å²) in [6.07, 6.45) is -14.7. The quantitative estimate of drug-likeness (QED) is 0.115. The molecule has 0 unspecified atom stereocenters. The zero-order chi connectivity index (χ0) is 44.1. The van der Waals surface area contributed by atoms with Crippen molar-refractivity contribution in [3.05, 3.63) is 0 Å². The van der Waals surface area contributed by atoms with E-state index in [0.29, 0.717) is 0 Å². The van der Waals surface area contributed by atoms with Crippen LogP contribution in [0.15, 0.2) is 0 Å². The summed E-state index contributed by atoms with van der Waals surface area (Å²) in [4.78, 5) is 79.7. The number of aliphatic hydroxyl groups is 2. The first-order valence-electron chi connectivity index (χ1n) is 20.4. The van der Waals surface area contributed by atoms with E-state index in [2.05, 4.69) is 0 Å². The highest BCUT2D eigenvalue weighted by atomic mass is 16.9. The van der Waals surface area contributed by atoms with E-state index in [4.69, 9.17) is 42.6 Å². The number of carbonyl (C=O) groups excluding carboxylic acids is 6. The lowest BCUT2D eigenvalue weighted by Crippen LogP contribution is -2.65. The summed E-state index contributed by atoms with van der Waals surface area (Å²) in [6, 6.07) is 0. The molecular weight excluding hydrogens is 764 g/mol. The first kappa shape index (κ1) is 50.8. The van der Waals surface area contributed by atoms with Gasteiger partial charge >= 0.3 is 35.8 Å². The smallest absolute Gasteiger partial charge is 0.308 e. The van der Waals surface area contributed by atoms with Gasteiger partial charge in [-0.3, -0.25) is 33.5 Å². The van der Waals surface area contributed by atoms with E-state index >= 15 is 0 Å². The molecule has 0 aromatic carbocycles. The molecule has 0 aromatic heterocycles. The van der Waals surface area contributed by atoms with Crippen molar-refractivity contribution >= 4 is 35.8 Å². The highest BCUT2D eigenvalue weighted by Gasteiger charge is 2.66. The lowest BCUT2D eigenvalue weighted by Gasteiger charge is -2.45. The molecule has 0 bridgehead atoms. The molecular formula is C41H68O17. The molecule has 58 heavy (non-hydrogen) atoms. The Morgan fingerprint density at radius 3 is 1.33 bits per heavy atom. The monoisotopic (exact) mass is 832 g/mol. The molecule has 0 aliphatic carbocycles. The van der Waals surface area contributed by atoms with E-state index < -0.39 is 104 Å². The number of carbonyl (C=O) groups is 6.